The molecule has 25 heavy (non-hydrogen) atoms. The zero-order valence-electron chi connectivity index (χ0n) is 13.8. The molecule has 3 rings (SSSR count). The third kappa shape index (κ3) is 4.67. The minimum Gasteiger partial charge on any atom is -0.354 e. The molecule has 0 saturated carbocycles. The number of anilines is 2. The molecule has 0 saturated heterocycles. The Morgan fingerprint density at radius 1 is 1.04 bits per heavy atom. The molecule has 4 nitrogen and oxygen atoms in total. The summed E-state index contributed by atoms with van der Waals surface area (Å²) in [5.74, 6) is -0.148. The second-order valence-electron chi connectivity index (χ2n) is 5.72. The molecule has 0 fully saturated rings. The first-order valence-electron chi connectivity index (χ1n) is 7.92. The van der Waals surface area contributed by atoms with Crippen LogP contribution in [0.5, 0.6) is 0 Å². The topological polar surface area (TPSA) is 54.0 Å². The monoisotopic (exact) mass is 395 g/mol. The number of carbonyl (C=O) groups is 1. The van der Waals surface area contributed by atoms with Crippen LogP contribution in [0.25, 0.3) is 0 Å². The molecule has 1 heterocycles. The van der Waals surface area contributed by atoms with Crippen LogP contribution in [-0.2, 0) is 6.54 Å². The SMILES string of the molecule is Cc1ccc(Nc2cncc(C(=O)NCc3ccccc3)c2)cc1Br. The minimum absolute atomic E-state index is 0.148. The number of hydrogen-bond donors (Lipinski definition) is 2. The number of benzene rings is 2. The van der Waals surface area contributed by atoms with Crippen LogP contribution in [0, 0.1) is 6.92 Å². The third-order valence-electron chi connectivity index (χ3n) is 3.76. The van der Waals surface area contributed by atoms with Gasteiger partial charge in [0.2, 0.25) is 0 Å². The standard InChI is InChI=1S/C20H18BrN3O/c1-14-7-8-17(10-19(14)21)24-18-9-16(12-22-13-18)20(25)23-11-15-5-3-2-4-6-15/h2-10,12-13,24H,11H2,1H3,(H,23,25). The van der Waals surface area contributed by atoms with E-state index in [1.807, 2.05) is 55.5 Å². The largest absolute Gasteiger partial charge is 0.354 e. The number of halogens is 1. The van der Waals surface area contributed by atoms with Crippen LogP contribution in [-0.4, -0.2) is 10.9 Å². The predicted molar refractivity (Wildman–Crippen MR) is 104 cm³/mol. The van der Waals surface area contributed by atoms with Gasteiger partial charge in [0.1, 0.15) is 0 Å². The molecule has 0 bridgehead atoms. The van der Waals surface area contributed by atoms with E-state index in [4.69, 9.17) is 0 Å². The van der Waals surface area contributed by atoms with Crippen molar-refractivity contribution >= 4 is 33.2 Å². The van der Waals surface area contributed by atoms with Gasteiger partial charge in [-0.2, -0.15) is 0 Å². The van der Waals surface area contributed by atoms with Gasteiger partial charge in [0.25, 0.3) is 5.91 Å². The van der Waals surface area contributed by atoms with E-state index in [1.165, 1.54) is 0 Å². The van der Waals surface area contributed by atoms with Crippen molar-refractivity contribution in [1.82, 2.24) is 10.3 Å². The molecule has 0 atom stereocenters. The number of carbonyl (C=O) groups excluding carboxylic acids is 1. The van der Waals surface area contributed by atoms with E-state index in [1.54, 1.807) is 18.5 Å². The lowest BCUT2D eigenvalue weighted by Crippen LogP contribution is -2.22. The first-order valence-corrected chi connectivity index (χ1v) is 8.71. The minimum atomic E-state index is -0.148. The lowest BCUT2D eigenvalue weighted by Gasteiger charge is -2.10. The second-order valence-corrected chi connectivity index (χ2v) is 6.57. The Balaban J connectivity index is 1.68. The highest BCUT2D eigenvalue weighted by atomic mass is 79.9. The molecule has 0 aliphatic carbocycles. The first-order chi connectivity index (χ1) is 12.1. The van der Waals surface area contributed by atoms with E-state index in [-0.39, 0.29) is 5.91 Å². The summed E-state index contributed by atoms with van der Waals surface area (Å²) in [6, 6.07) is 17.6. The summed E-state index contributed by atoms with van der Waals surface area (Å²) in [7, 11) is 0. The number of pyridine rings is 1. The van der Waals surface area contributed by atoms with Gasteiger partial charge in [-0.15, -0.1) is 0 Å². The fourth-order valence-corrected chi connectivity index (χ4v) is 2.73. The van der Waals surface area contributed by atoms with Gasteiger partial charge >= 0.3 is 0 Å². The second kappa shape index (κ2) is 7.94. The molecule has 0 radical (unpaired) electrons. The summed E-state index contributed by atoms with van der Waals surface area (Å²) in [4.78, 5) is 16.5. The van der Waals surface area contributed by atoms with Crippen molar-refractivity contribution in [2.75, 3.05) is 5.32 Å². The molecule has 3 aromatic rings. The van der Waals surface area contributed by atoms with Crippen LogP contribution < -0.4 is 10.6 Å². The number of rotatable bonds is 5. The van der Waals surface area contributed by atoms with E-state index in [2.05, 4.69) is 31.5 Å². The van der Waals surface area contributed by atoms with E-state index in [0.29, 0.717) is 12.1 Å². The van der Waals surface area contributed by atoms with E-state index in [9.17, 15) is 4.79 Å². The van der Waals surface area contributed by atoms with Crippen molar-refractivity contribution in [2.45, 2.75) is 13.5 Å². The van der Waals surface area contributed by atoms with Gasteiger partial charge in [-0.25, -0.2) is 0 Å². The van der Waals surface area contributed by atoms with Crippen LogP contribution in [0.3, 0.4) is 0 Å². The van der Waals surface area contributed by atoms with Gasteiger partial charge in [-0.05, 0) is 36.2 Å². The van der Waals surface area contributed by atoms with Crippen LogP contribution in [0.1, 0.15) is 21.5 Å². The highest BCUT2D eigenvalue weighted by Crippen LogP contribution is 2.23. The Bertz CT molecular complexity index is 881. The molecular formula is C20H18BrN3O. The Hall–Kier alpha value is -2.66. The van der Waals surface area contributed by atoms with Gasteiger partial charge in [0.15, 0.2) is 0 Å². The molecule has 1 amide bonds. The van der Waals surface area contributed by atoms with Crippen LogP contribution in [0.4, 0.5) is 11.4 Å². The average Bonchev–Trinajstić information content (AvgIpc) is 2.64. The number of aromatic nitrogens is 1. The molecular weight excluding hydrogens is 378 g/mol. The maximum absolute atomic E-state index is 12.3. The molecule has 0 unspecified atom stereocenters. The van der Waals surface area contributed by atoms with Gasteiger partial charge in [-0.1, -0.05) is 52.3 Å². The fraction of sp³-hybridized carbons (Fsp3) is 0.100. The molecule has 5 heteroatoms. The number of nitrogens with one attached hydrogen (secondary N) is 2. The van der Waals surface area contributed by atoms with Crippen molar-refractivity contribution in [3.05, 3.63) is 88.2 Å². The van der Waals surface area contributed by atoms with E-state index in [0.717, 1.165) is 27.0 Å². The molecule has 0 aliphatic rings. The molecule has 0 spiro atoms. The van der Waals surface area contributed by atoms with Crippen LogP contribution in [0.15, 0.2) is 71.5 Å². The first kappa shape index (κ1) is 17.2. The Labute approximate surface area is 155 Å². The van der Waals surface area contributed by atoms with E-state index >= 15 is 0 Å². The molecule has 2 aromatic carbocycles. The quantitative estimate of drug-likeness (QED) is 0.650. The maximum atomic E-state index is 12.3. The Kier molecular flexibility index (Phi) is 5.46. The van der Waals surface area contributed by atoms with Gasteiger partial charge in [-0.3, -0.25) is 9.78 Å². The number of amides is 1. The summed E-state index contributed by atoms with van der Waals surface area (Å²) in [6.07, 6.45) is 3.26. The number of hydrogen-bond acceptors (Lipinski definition) is 3. The molecule has 0 aliphatic heterocycles. The smallest absolute Gasteiger partial charge is 0.253 e. The predicted octanol–water partition coefficient (Wildman–Crippen LogP) is 4.83. The summed E-state index contributed by atoms with van der Waals surface area (Å²) in [6.45, 7) is 2.52. The summed E-state index contributed by atoms with van der Waals surface area (Å²) in [5.41, 5.74) is 4.44. The van der Waals surface area contributed by atoms with Crippen LogP contribution >= 0.6 is 15.9 Å². The lowest BCUT2D eigenvalue weighted by atomic mass is 10.2. The fourth-order valence-electron chi connectivity index (χ4n) is 2.35. The maximum Gasteiger partial charge on any atom is 0.253 e. The number of aryl methyl sites for hydroxylation is 1. The van der Waals surface area contributed by atoms with Gasteiger partial charge in [0.05, 0.1) is 17.4 Å². The van der Waals surface area contributed by atoms with Crippen molar-refractivity contribution in [2.24, 2.45) is 0 Å². The normalized spacial score (nSPS) is 10.3. The van der Waals surface area contributed by atoms with E-state index < -0.39 is 0 Å². The summed E-state index contributed by atoms with van der Waals surface area (Å²) < 4.78 is 1.03. The number of nitrogens with zero attached hydrogens (tertiary/aromatic N) is 1. The van der Waals surface area contributed by atoms with Crippen molar-refractivity contribution in [3.63, 3.8) is 0 Å². The highest BCUT2D eigenvalue weighted by molar-refractivity contribution is 9.10. The molecule has 2 N–H and O–H groups in total. The highest BCUT2D eigenvalue weighted by Gasteiger charge is 2.07. The summed E-state index contributed by atoms with van der Waals surface area (Å²) >= 11 is 3.52. The van der Waals surface area contributed by atoms with Crippen LogP contribution in [0.2, 0.25) is 0 Å². The molecule has 126 valence electrons. The van der Waals surface area contributed by atoms with Crippen molar-refractivity contribution < 1.29 is 4.79 Å². The Morgan fingerprint density at radius 2 is 1.84 bits per heavy atom. The zero-order valence-corrected chi connectivity index (χ0v) is 15.4. The van der Waals surface area contributed by atoms with Gasteiger partial charge < -0.3 is 10.6 Å². The average molecular weight is 396 g/mol. The third-order valence-corrected chi connectivity index (χ3v) is 4.61. The van der Waals surface area contributed by atoms with Crippen molar-refractivity contribution in [3.8, 4) is 0 Å². The zero-order chi connectivity index (χ0) is 17.6. The lowest BCUT2D eigenvalue weighted by molar-refractivity contribution is 0.0950. The van der Waals surface area contributed by atoms with Crippen molar-refractivity contribution in [1.29, 1.82) is 0 Å². The Morgan fingerprint density at radius 3 is 2.60 bits per heavy atom. The summed E-state index contributed by atoms with van der Waals surface area (Å²) in [5, 5.41) is 6.18. The molecule has 1 aromatic heterocycles. The van der Waals surface area contributed by atoms with Gasteiger partial charge in [0, 0.05) is 22.9 Å².